The predicted molar refractivity (Wildman–Crippen MR) is 78.8 cm³/mol. The molecule has 2 rings (SSSR count). The fraction of sp³-hybridized carbons (Fsp3) is 0.667. The van der Waals surface area contributed by atoms with E-state index in [9.17, 15) is 18.3 Å². The first-order valence-corrected chi connectivity index (χ1v) is 7.51. The first-order chi connectivity index (χ1) is 10.3. The van der Waals surface area contributed by atoms with E-state index in [0.717, 1.165) is 19.0 Å². The maximum absolute atomic E-state index is 12.8. The summed E-state index contributed by atoms with van der Waals surface area (Å²) in [4.78, 5) is 7.57. The number of alkyl halides is 3. The van der Waals surface area contributed by atoms with Crippen LogP contribution in [0.5, 0.6) is 0 Å². The number of aliphatic hydroxyl groups excluding tert-OH is 1. The lowest BCUT2D eigenvalue weighted by atomic mass is 10.1. The van der Waals surface area contributed by atoms with Crippen LogP contribution in [0.4, 0.5) is 18.9 Å². The van der Waals surface area contributed by atoms with Gasteiger partial charge in [-0.05, 0) is 25.5 Å². The third-order valence-corrected chi connectivity index (χ3v) is 3.97. The van der Waals surface area contributed by atoms with Crippen molar-refractivity contribution in [3.63, 3.8) is 0 Å². The molecule has 1 fully saturated rings. The molecule has 2 atom stereocenters. The second-order valence-corrected chi connectivity index (χ2v) is 5.75. The molecular weight excluding hydrogens is 295 g/mol. The van der Waals surface area contributed by atoms with Crippen molar-refractivity contribution in [3.05, 3.63) is 24.0 Å². The van der Waals surface area contributed by atoms with Gasteiger partial charge in [0.15, 0.2) is 0 Å². The molecule has 0 amide bonds. The van der Waals surface area contributed by atoms with Gasteiger partial charge in [-0.15, -0.1) is 0 Å². The molecule has 0 spiro atoms. The highest BCUT2D eigenvalue weighted by molar-refractivity contribution is 5.47. The second-order valence-electron chi connectivity index (χ2n) is 5.75. The molecule has 1 saturated heterocycles. The van der Waals surface area contributed by atoms with Gasteiger partial charge >= 0.3 is 6.18 Å². The Morgan fingerprint density at radius 2 is 2.14 bits per heavy atom. The van der Waals surface area contributed by atoms with Crippen molar-refractivity contribution in [1.29, 1.82) is 0 Å². The van der Waals surface area contributed by atoms with Crippen LogP contribution >= 0.6 is 0 Å². The number of pyridine rings is 1. The summed E-state index contributed by atoms with van der Waals surface area (Å²) in [5.74, 6) is 0. The van der Waals surface area contributed by atoms with Crippen LogP contribution in [0.15, 0.2) is 18.3 Å². The highest BCUT2D eigenvalue weighted by atomic mass is 19.4. The van der Waals surface area contributed by atoms with Crippen molar-refractivity contribution >= 4 is 5.69 Å². The zero-order chi connectivity index (χ0) is 16.3. The molecule has 7 heteroatoms. The number of rotatable bonds is 4. The van der Waals surface area contributed by atoms with Crippen LogP contribution in [-0.4, -0.2) is 53.3 Å². The summed E-state index contributed by atoms with van der Waals surface area (Å²) in [5.41, 5.74) is -0.304. The topological polar surface area (TPSA) is 39.6 Å². The van der Waals surface area contributed by atoms with Crippen LogP contribution in [-0.2, 0) is 6.18 Å². The van der Waals surface area contributed by atoms with E-state index >= 15 is 0 Å². The standard InChI is InChI=1S/C15H22F3N3O/c1-3-12-10-21(7-6-20(12)9-11(2)22)13-4-5-19-14(8-13)15(16,17)18/h4-5,8,11-12,22H,3,6-7,9-10H2,1-2H3/t11-,12+/m0/s1. The van der Waals surface area contributed by atoms with E-state index < -0.39 is 18.0 Å². The number of aromatic nitrogens is 1. The Kier molecular flexibility index (Phi) is 5.28. The van der Waals surface area contributed by atoms with E-state index in [-0.39, 0.29) is 6.04 Å². The van der Waals surface area contributed by atoms with Gasteiger partial charge in [0, 0.05) is 44.1 Å². The Morgan fingerprint density at radius 1 is 1.41 bits per heavy atom. The molecule has 0 saturated carbocycles. The van der Waals surface area contributed by atoms with Gasteiger partial charge in [-0.25, -0.2) is 0 Å². The minimum atomic E-state index is -4.42. The molecule has 124 valence electrons. The number of halogens is 3. The summed E-state index contributed by atoms with van der Waals surface area (Å²) >= 11 is 0. The molecule has 0 radical (unpaired) electrons. The van der Waals surface area contributed by atoms with Crippen LogP contribution in [0.2, 0.25) is 0 Å². The molecular formula is C15H22F3N3O. The van der Waals surface area contributed by atoms with Gasteiger partial charge in [0.05, 0.1) is 6.10 Å². The molecule has 2 heterocycles. The zero-order valence-electron chi connectivity index (χ0n) is 12.8. The zero-order valence-corrected chi connectivity index (χ0v) is 12.8. The number of β-amino-alcohol motifs (C(OH)–C–C–N with tert-alkyl or cyclic N) is 1. The third-order valence-electron chi connectivity index (χ3n) is 3.97. The Labute approximate surface area is 128 Å². The van der Waals surface area contributed by atoms with Gasteiger partial charge in [-0.3, -0.25) is 9.88 Å². The summed E-state index contributed by atoms with van der Waals surface area (Å²) in [6, 6.07) is 2.95. The Balaban J connectivity index is 2.11. The monoisotopic (exact) mass is 317 g/mol. The Hall–Kier alpha value is -1.34. The summed E-state index contributed by atoms with van der Waals surface area (Å²) in [5, 5.41) is 9.54. The van der Waals surface area contributed by atoms with Gasteiger partial charge in [-0.1, -0.05) is 6.92 Å². The van der Waals surface area contributed by atoms with Gasteiger partial charge in [-0.2, -0.15) is 13.2 Å². The molecule has 0 aromatic carbocycles. The van der Waals surface area contributed by atoms with Crippen LogP contribution < -0.4 is 4.90 Å². The lowest BCUT2D eigenvalue weighted by Gasteiger charge is -2.42. The number of aliphatic hydroxyl groups is 1. The van der Waals surface area contributed by atoms with E-state index in [1.165, 1.54) is 6.20 Å². The van der Waals surface area contributed by atoms with Crippen molar-refractivity contribution in [3.8, 4) is 0 Å². The lowest BCUT2D eigenvalue weighted by Crippen LogP contribution is -2.54. The largest absolute Gasteiger partial charge is 0.433 e. The van der Waals surface area contributed by atoms with Gasteiger partial charge < -0.3 is 10.0 Å². The van der Waals surface area contributed by atoms with E-state index in [1.807, 2.05) is 4.90 Å². The van der Waals surface area contributed by atoms with Crippen molar-refractivity contribution < 1.29 is 18.3 Å². The van der Waals surface area contributed by atoms with Gasteiger partial charge in [0.1, 0.15) is 5.69 Å². The minimum Gasteiger partial charge on any atom is -0.392 e. The molecule has 0 unspecified atom stereocenters. The fourth-order valence-corrected chi connectivity index (χ4v) is 2.87. The highest BCUT2D eigenvalue weighted by Crippen LogP contribution is 2.30. The molecule has 1 N–H and O–H groups in total. The molecule has 4 nitrogen and oxygen atoms in total. The van der Waals surface area contributed by atoms with Crippen LogP contribution in [0.1, 0.15) is 26.0 Å². The van der Waals surface area contributed by atoms with Crippen LogP contribution in [0.3, 0.4) is 0 Å². The molecule has 0 aliphatic carbocycles. The summed E-state index contributed by atoms with van der Waals surface area (Å²) < 4.78 is 38.3. The first-order valence-electron chi connectivity index (χ1n) is 7.51. The van der Waals surface area contributed by atoms with E-state index in [2.05, 4.69) is 16.8 Å². The van der Waals surface area contributed by atoms with Crippen molar-refractivity contribution in [2.24, 2.45) is 0 Å². The summed E-state index contributed by atoms with van der Waals surface area (Å²) in [7, 11) is 0. The van der Waals surface area contributed by atoms with E-state index in [1.54, 1.807) is 13.0 Å². The normalized spacial score (nSPS) is 21.9. The SMILES string of the molecule is CC[C@@H]1CN(c2ccnc(C(F)(F)F)c2)CCN1C[C@H](C)O. The first kappa shape index (κ1) is 17.0. The highest BCUT2D eigenvalue weighted by Gasteiger charge is 2.33. The predicted octanol–water partition coefficient (Wildman–Crippen LogP) is 2.38. The number of anilines is 1. The molecule has 22 heavy (non-hydrogen) atoms. The summed E-state index contributed by atoms with van der Waals surface area (Å²) in [6.07, 6.45) is -2.73. The average Bonchev–Trinajstić information content (AvgIpc) is 2.46. The molecule has 0 bridgehead atoms. The molecule has 1 aromatic rings. The third kappa shape index (κ3) is 4.10. The number of nitrogens with zero attached hydrogens (tertiary/aromatic N) is 3. The fourth-order valence-electron chi connectivity index (χ4n) is 2.87. The molecule has 1 aliphatic rings. The smallest absolute Gasteiger partial charge is 0.392 e. The number of hydrogen-bond acceptors (Lipinski definition) is 4. The average molecular weight is 317 g/mol. The Morgan fingerprint density at radius 3 is 2.73 bits per heavy atom. The van der Waals surface area contributed by atoms with E-state index in [0.29, 0.717) is 25.3 Å². The van der Waals surface area contributed by atoms with Crippen molar-refractivity contribution in [2.45, 2.75) is 38.6 Å². The number of piperazine rings is 1. The van der Waals surface area contributed by atoms with Crippen molar-refractivity contribution in [2.75, 3.05) is 31.1 Å². The van der Waals surface area contributed by atoms with Crippen LogP contribution in [0, 0.1) is 0 Å². The molecule has 1 aromatic heterocycles. The molecule has 1 aliphatic heterocycles. The number of hydrogen-bond donors (Lipinski definition) is 1. The summed E-state index contributed by atoms with van der Waals surface area (Å²) in [6.45, 7) is 6.42. The minimum absolute atomic E-state index is 0.228. The van der Waals surface area contributed by atoms with Gasteiger partial charge in [0.2, 0.25) is 0 Å². The van der Waals surface area contributed by atoms with Crippen LogP contribution in [0.25, 0.3) is 0 Å². The van der Waals surface area contributed by atoms with E-state index in [4.69, 9.17) is 0 Å². The maximum atomic E-state index is 12.8. The Bertz CT molecular complexity index is 493. The maximum Gasteiger partial charge on any atom is 0.433 e. The lowest BCUT2D eigenvalue weighted by molar-refractivity contribution is -0.141. The van der Waals surface area contributed by atoms with Crippen molar-refractivity contribution in [1.82, 2.24) is 9.88 Å². The quantitative estimate of drug-likeness (QED) is 0.925. The van der Waals surface area contributed by atoms with Gasteiger partial charge in [0.25, 0.3) is 0 Å². The second kappa shape index (κ2) is 6.83.